The number of nitrogens with one attached hydrogen (secondary N) is 3. The summed E-state index contributed by atoms with van der Waals surface area (Å²) in [4.78, 5) is 24.2. The van der Waals surface area contributed by atoms with Crippen LogP contribution in [0.3, 0.4) is 0 Å². The number of halogens is 2. The topological polar surface area (TPSA) is 104 Å². The zero-order valence-corrected chi connectivity index (χ0v) is 19.4. The molecule has 0 fully saturated rings. The monoisotopic (exact) mass is 489 g/mol. The van der Waals surface area contributed by atoms with E-state index in [0.717, 1.165) is 0 Å². The molecule has 0 bridgehead atoms. The third-order valence-electron chi connectivity index (χ3n) is 4.05. The fourth-order valence-electron chi connectivity index (χ4n) is 2.49. The molecule has 2 aromatic rings. The van der Waals surface area contributed by atoms with E-state index in [1.54, 1.807) is 24.3 Å². The molecule has 0 saturated carbocycles. The Bertz CT molecular complexity index is 1010. The van der Waals surface area contributed by atoms with Crippen molar-refractivity contribution in [2.75, 3.05) is 24.4 Å². The first-order valence-corrected chi connectivity index (χ1v) is 12.4. The second-order valence-electron chi connectivity index (χ2n) is 6.18. The van der Waals surface area contributed by atoms with E-state index < -0.39 is 22.0 Å². The molecule has 162 valence electrons. The Hall–Kier alpha value is -1.78. The van der Waals surface area contributed by atoms with Crippen LogP contribution in [-0.4, -0.2) is 45.3 Å². The second-order valence-corrected chi connectivity index (χ2v) is 9.69. The molecule has 1 atom stereocenters. The van der Waals surface area contributed by atoms with E-state index >= 15 is 0 Å². The number of hydrogen-bond acceptors (Lipinski definition) is 5. The summed E-state index contributed by atoms with van der Waals surface area (Å²) in [6.45, 7) is 0. The molecule has 0 saturated heterocycles. The molecule has 0 heterocycles. The number of carbonyl (C=O) groups is 2. The second kappa shape index (κ2) is 11.0. The zero-order chi connectivity index (χ0) is 22.3. The van der Waals surface area contributed by atoms with Gasteiger partial charge in [0.1, 0.15) is 10.9 Å². The maximum atomic E-state index is 12.8. The smallest absolute Gasteiger partial charge is 0.251 e. The van der Waals surface area contributed by atoms with Crippen molar-refractivity contribution in [3.8, 4) is 0 Å². The third kappa shape index (κ3) is 6.61. The summed E-state index contributed by atoms with van der Waals surface area (Å²) in [6.07, 6.45) is 2.12. The summed E-state index contributed by atoms with van der Waals surface area (Å²) in [5, 5.41) is 5.39. The molecule has 2 amide bonds. The number of carbonyl (C=O) groups excluding carboxylic acids is 2. The zero-order valence-electron chi connectivity index (χ0n) is 16.2. The predicted molar refractivity (Wildman–Crippen MR) is 122 cm³/mol. The minimum absolute atomic E-state index is 0.000661. The first-order chi connectivity index (χ1) is 14.2. The maximum absolute atomic E-state index is 12.8. The average Bonchev–Trinajstić information content (AvgIpc) is 2.72. The van der Waals surface area contributed by atoms with Crippen molar-refractivity contribution in [1.82, 2.24) is 10.0 Å². The van der Waals surface area contributed by atoms with Crippen LogP contribution in [0.5, 0.6) is 0 Å². The normalized spacial score (nSPS) is 12.3. The molecule has 0 aliphatic rings. The summed E-state index contributed by atoms with van der Waals surface area (Å²) in [7, 11) is -2.57. The van der Waals surface area contributed by atoms with Crippen LogP contribution in [0.15, 0.2) is 47.4 Å². The Morgan fingerprint density at radius 3 is 2.37 bits per heavy atom. The van der Waals surface area contributed by atoms with Crippen LogP contribution < -0.4 is 15.4 Å². The Morgan fingerprint density at radius 2 is 1.77 bits per heavy atom. The molecular formula is C19H21Cl2N3O4S2. The Kier molecular flexibility index (Phi) is 8.99. The molecule has 3 N–H and O–H groups in total. The first kappa shape index (κ1) is 24.5. The molecular weight excluding hydrogens is 469 g/mol. The number of amides is 2. The summed E-state index contributed by atoms with van der Waals surface area (Å²) in [5.74, 6) is -0.227. The van der Waals surface area contributed by atoms with Crippen molar-refractivity contribution < 1.29 is 18.0 Å². The van der Waals surface area contributed by atoms with E-state index in [1.807, 2.05) is 6.26 Å². The minimum Gasteiger partial charge on any atom is -0.355 e. The Morgan fingerprint density at radius 1 is 1.10 bits per heavy atom. The highest BCUT2D eigenvalue weighted by atomic mass is 35.5. The molecule has 0 aliphatic heterocycles. The number of benzene rings is 2. The number of rotatable bonds is 9. The molecule has 30 heavy (non-hydrogen) atoms. The number of sulfonamides is 1. The van der Waals surface area contributed by atoms with Crippen molar-refractivity contribution in [1.29, 1.82) is 0 Å². The quantitative estimate of drug-likeness (QED) is 0.500. The van der Waals surface area contributed by atoms with Gasteiger partial charge in [-0.15, -0.1) is 0 Å². The lowest BCUT2D eigenvalue weighted by molar-refractivity contribution is -0.117. The van der Waals surface area contributed by atoms with Crippen LogP contribution in [0.4, 0.5) is 5.69 Å². The van der Waals surface area contributed by atoms with Gasteiger partial charge in [0.2, 0.25) is 15.9 Å². The van der Waals surface area contributed by atoms with E-state index in [0.29, 0.717) is 17.0 Å². The van der Waals surface area contributed by atoms with Crippen molar-refractivity contribution in [2.24, 2.45) is 0 Å². The summed E-state index contributed by atoms with van der Waals surface area (Å²) >= 11 is 13.4. The van der Waals surface area contributed by atoms with Gasteiger partial charge in [-0.2, -0.15) is 16.5 Å². The average molecular weight is 490 g/mol. The van der Waals surface area contributed by atoms with Crippen LogP contribution in [0.1, 0.15) is 16.8 Å². The lowest BCUT2D eigenvalue weighted by Crippen LogP contribution is -2.44. The van der Waals surface area contributed by atoms with E-state index in [1.165, 1.54) is 37.0 Å². The largest absolute Gasteiger partial charge is 0.355 e. The lowest BCUT2D eigenvalue weighted by atomic mass is 10.2. The summed E-state index contributed by atoms with van der Waals surface area (Å²) < 4.78 is 28.0. The highest BCUT2D eigenvalue weighted by Crippen LogP contribution is 2.25. The van der Waals surface area contributed by atoms with Gasteiger partial charge in [-0.3, -0.25) is 9.59 Å². The third-order valence-corrected chi connectivity index (χ3v) is 6.88. The van der Waals surface area contributed by atoms with Gasteiger partial charge in [0.15, 0.2) is 0 Å². The summed E-state index contributed by atoms with van der Waals surface area (Å²) in [5.41, 5.74) is 0.868. The SMILES string of the molecule is CNC(=O)c1ccc(NC(=O)C(CCSC)NS(=O)(=O)c2cc(Cl)ccc2Cl)cc1. The highest BCUT2D eigenvalue weighted by molar-refractivity contribution is 7.98. The molecule has 0 aromatic heterocycles. The predicted octanol–water partition coefficient (Wildman–Crippen LogP) is 3.39. The van der Waals surface area contributed by atoms with Crippen LogP contribution in [0.25, 0.3) is 0 Å². The van der Waals surface area contributed by atoms with Crippen LogP contribution in [0, 0.1) is 0 Å². The van der Waals surface area contributed by atoms with Crippen molar-refractivity contribution in [2.45, 2.75) is 17.4 Å². The molecule has 11 heteroatoms. The maximum Gasteiger partial charge on any atom is 0.251 e. The molecule has 0 radical (unpaired) electrons. The van der Waals surface area contributed by atoms with Gasteiger partial charge >= 0.3 is 0 Å². The van der Waals surface area contributed by atoms with E-state index in [4.69, 9.17) is 23.2 Å². The van der Waals surface area contributed by atoms with Gasteiger partial charge in [-0.05, 0) is 60.9 Å². The van der Waals surface area contributed by atoms with Gasteiger partial charge in [-0.1, -0.05) is 23.2 Å². The first-order valence-electron chi connectivity index (χ1n) is 8.77. The van der Waals surface area contributed by atoms with Crippen molar-refractivity contribution in [3.05, 3.63) is 58.1 Å². The van der Waals surface area contributed by atoms with Gasteiger partial charge < -0.3 is 10.6 Å². The fraction of sp³-hybridized carbons (Fsp3) is 0.263. The molecule has 2 rings (SSSR count). The van der Waals surface area contributed by atoms with Gasteiger partial charge in [0.05, 0.1) is 5.02 Å². The van der Waals surface area contributed by atoms with Gasteiger partial charge in [0, 0.05) is 23.3 Å². The number of hydrogen-bond donors (Lipinski definition) is 3. The fourth-order valence-corrected chi connectivity index (χ4v) is 4.96. The minimum atomic E-state index is -4.09. The van der Waals surface area contributed by atoms with Crippen molar-refractivity contribution >= 4 is 62.5 Å². The molecule has 7 nitrogen and oxygen atoms in total. The van der Waals surface area contributed by atoms with Gasteiger partial charge in [0.25, 0.3) is 5.91 Å². The van der Waals surface area contributed by atoms with Gasteiger partial charge in [-0.25, -0.2) is 8.42 Å². The standard InChI is InChI=1S/C19H21Cl2N3O4S2/c1-22-18(25)12-3-6-14(7-4-12)23-19(26)16(9-10-29-2)24-30(27,28)17-11-13(20)5-8-15(17)21/h3-8,11,16,24H,9-10H2,1-2H3,(H,22,25)(H,23,26). The van der Waals surface area contributed by atoms with Crippen LogP contribution >= 0.6 is 35.0 Å². The van der Waals surface area contributed by atoms with Crippen LogP contribution in [-0.2, 0) is 14.8 Å². The Labute approximate surface area is 190 Å². The van der Waals surface area contributed by atoms with E-state index in [-0.39, 0.29) is 27.3 Å². The van der Waals surface area contributed by atoms with Crippen LogP contribution in [0.2, 0.25) is 10.0 Å². The molecule has 0 spiro atoms. The highest BCUT2D eigenvalue weighted by Gasteiger charge is 2.27. The molecule has 0 aliphatic carbocycles. The summed E-state index contributed by atoms with van der Waals surface area (Å²) in [6, 6.07) is 9.30. The number of anilines is 1. The van der Waals surface area contributed by atoms with E-state index in [2.05, 4.69) is 15.4 Å². The van der Waals surface area contributed by atoms with Crippen molar-refractivity contribution in [3.63, 3.8) is 0 Å². The molecule has 2 aromatic carbocycles. The molecule has 1 unspecified atom stereocenters. The Balaban J connectivity index is 2.21. The number of thioether (sulfide) groups is 1. The lowest BCUT2D eigenvalue weighted by Gasteiger charge is -2.19. The van der Waals surface area contributed by atoms with E-state index in [9.17, 15) is 18.0 Å².